The molecule has 1 aromatic heterocycles. The van der Waals surface area contributed by atoms with Gasteiger partial charge < -0.3 is 19.9 Å². The van der Waals surface area contributed by atoms with Crippen molar-refractivity contribution in [3.05, 3.63) is 21.4 Å². The summed E-state index contributed by atoms with van der Waals surface area (Å²) in [6, 6.07) is 0. The van der Waals surface area contributed by atoms with Gasteiger partial charge in [-0.05, 0) is 19.1 Å². The van der Waals surface area contributed by atoms with Gasteiger partial charge in [0.25, 0.3) is 0 Å². The Balaban J connectivity index is 2.51. The second kappa shape index (κ2) is 4.98. The zero-order chi connectivity index (χ0) is 14.4. The van der Waals surface area contributed by atoms with Crippen LogP contribution in [0.2, 0.25) is 0 Å². The van der Waals surface area contributed by atoms with E-state index in [4.69, 9.17) is 22.1 Å². The molecule has 2 heterocycles. The highest BCUT2D eigenvalue weighted by molar-refractivity contribution is 7.72. The molecule has 0 spiro atoms. The van der Waals surface area contributed by atoms with Crippen LogP contribution in [0.3, 0.4) is 0 Å². The van der Waals surface area contributed by atoms with Gasteiger partial charge in [0.15, 0.2) is 22.5 Å². The summed E-state index contributed by atoms with van der Waals surface area (Å²) in [6.45, 7) is 0.537. The minimum atomic E-state index is -2.23. The lowest BCUT2D eigenvalue weighted by molar-refractivity contribution is -0.0605. The van der Waals surface area contributed by atoms with Gasteiger partial charge in [-0.25, -0.2) is 8.78 Å². The highest BCUT2D eigenvalue weighted by Gasteiger charge is 2.54. The zero-order valence-corrected chi connectivity index (χ0v) is 11.5. The number of aliphatic hydroxyl groups excluding tert-OH is 2. The van der Waals surface area contributed by atoms with Gasteiger partial charge in [0.2, 0.25) is 0 Å². The Labute approximate surface area is 117 Å². The predicted octanol–water partition coefficient (Wildman–Crippen LogP) is 1.39. The van der Waals surface area contributed by atoms with Crippen molar-refractivity contribution >= 4 is 24.4 Å². The van der Waals surface area contributed by atoms with Crippen LogP contribution in [0.4, 0.5) is 8.78 Å². The van der Waals surface area contributed by atoms with Gasteiger partial charge >= 0.3 is 0 Å². The van der Waals surface area contributed by atoms with Crippen molar-refractivity contribution in [2.24, 2.45) is 0 Å². The molecule has 2 rings (SSSR count). The van der Waals surface area contributed by atoms with Crippen LogP contribution < -0.4 is 0 Å². The Morgan fingerprint density at radius 1 is 1.58 bits per heavy atom. The predicted molar refractivity (Wildman–Crippen MR) is 66.9 cm³/mol. The second-order valence-electron chi connectivity index (χ2n) is 4.45. The molecule has 1 aliphatic rings. The summed E-state index contributed by atoms with van der Waals surface area (Å²) in [4.78, 5) is 2.40. The fourth-order valence-corrected chi connectivity index (χ4v) is 2.46. The molecule has 1 unspecified atom stereocenters. The maximum Gasteiger partial charge on any atom is 0.181 e. The third-order valence-corrected chi connectivity index (χ3v) is 3.68. The largest absolute Gasteiger partial charge is 0.394 e. The van der Waals surface area contributed by atoms with E-state index in [0.29, 0.717) is 0 Å². The van der Waals surface area contributed by atoms with Crippen molar-refractivity contribution in [3.8, 4) is 0 Å². The summed E-state index contributed by atoms with van der Waals surface area (Å²) >= 11 is 9.60. The van der Waals surface area contributed by atoms with Gasteiger partial charge in [-0.3, -0.25) is 4.57 Å². The molecule has 9 heteroatoms. The van der Waals surface area contributed by atoms with Crippen molar-refractivity contribution in [1.29, 1.82) is 0 Å². The van der Waals surface area contributed by atoms with Gasteiger partial charge in [-0.1, -0.05) is 12.2 Å². The summed E-state index contributed by atoms with van der Waals surface area (Å²) in [5.41, 5.74) is -2.23. The van der Waals surface area contributed by atoms with Crippen LogP contribution in [-0.2, 0) is 4.74 Å². The van der Waals surface area contributed by atoms with E-state index in [-0.39, 0.29) is 9.41 Å². The standard InChI is InChI=1S/C10H12F2N2O3S2/c1-10(12)6(16)5(3-15)17-8(10)14-2-4(11)7(18)13-9(14)19/h2,5-6,8,15-16H,3H2,1H3,(H,13,18,19)/t5-,6?,8-,10-/m1/s1. The van der Waals surface area contributed by atoms with Crippen LogP contribution in [-0.4, -0.2) is 44.2 Å². The number of nitrogens with zero attached hydrogens (tertiary/aromatic N) is 1. The van der Waals surface area contributed by atoms with Crippen LogP contribution in [0.15, 0.2) is 6.20 Å². The van der Waals surface area contributed by atoms with E-state index < -0.39 is 36.5 Å². The lowest BCUT2D eigenvalue weighted by atomic mass is 9.98. The fourth-order valence-electron chi connectivity index (χ4n) is 2.00. The molecule has 0 bridgehead atoms. The maximum atomic E-state index is 14.5. The third-order valence-electron chi connectivity index (χ3n) is 3.07. The molecule has 1 saturated heterocycles. The van der Waals surface area contributed by atoms with Gasteiger partial charge in [-0.15, -0.1) is 0 Å². The topological polar surface area (TPSA) is 70.4 Å². The molecule has 3 N–H and O–H groups in total. The molecular weight excluding hydrogens is 298 g/mol. The van der Waals surface area contributed by atoms with Crippen LogP contribution >= 0.6 is 24.4 Å². The van der Waals surface area contributed by atoms with E-state index in [1.165, 1.54) is 0 Å². The first kappa shape index (κ1) is 14.7. The molecule has 0 amide bonds. The summed E-state index contributed by atoms with van der Waals surface area (Å²) in [6.07, 6.45) is -3.09. The van der Waals surface area contributed by atoms with Gasteiger partial charge in [0, 0.05) is 6.20 Å². The van der Waals surface area contributed by atoms with Gasteiger partial charge in [-0.2, -0.15) is 0 Å². The normalized spacial score (nSPS) is 34.7. The number of ether oxygens (including phenoxy) is 1. The number of aromatic nitrogens is 2. The Hall–Kier alpha value is -0.740. The molecule has 106 valence electrons. The van der Waals surface area contributed by atoms with Crippen LogP contribution in [0.5, 0.6) is 0 Å². The summed E-state index contributed by atoms with van der Waals surface area (Å²) in [5, 5.41) is 18.7. The molecule has 1 aromatic rings. The number of rotatable bonds is 2. The number of aromatic amines is 1. The second-order valence-corrected chi connectivity index (χ2v) is 5.24. The van der Waals surface area contributed by atoms with Crippen molar-refractivity contribution in [3.63, 3.8) is 0 Å². The quantitative estimate of drug-likeness (QED) is 0.720. The number of aliphatic hydroxyl groups is 2. The molecular formula is C10H12F2N2O3S2. The monoisotopic (exact) mass is 310 g/mol. The smallest absolute Gasteiger partial charge is 0.181 e. The van der Waals surface area contributed by atoms with Crippen molar-refractivity contribution in [1.82, 2.24) is 9.55 Å². The molecule has 0 saturated carbocycles. The number of hydrogen-bond donors (Lipinski definition) is 3. The van der Waals surface area contributed by atoms with Crippen molar-refractivity contribution in [2.45, 2.75) is 31.0 Å². The third kappa shape index (κ3) is 2.36. The van der Waals surface area contributed by atoms with E-state index in [1.807, 2.05) is 0 Å². The Kier molecular flexibility index (Phi) is 3.85. The minimum Gasteiger partial charge on any atom is -0.394 e. The molecule has 0 aliphatic carbocycles. The molecule has 5 nitrogen and oxygen atoms in total. The van der Waals surface area contributed by atoms with E-state index >= 15 is 0 Å². The van der Waals surface area contributed by atoms with E-state index in [9.17, 15) is 13.9 Å². The van der Waals surface area contributed by atoms with Crippen LogP contribution in [0, 0.1) is 15.2 Å². The van der Waals surface area contributed by atoms with Gasteiger partial charge in [0.05, 0.1) is 6.61 Å². The van der Waals surface area contributed by atoms with Crippen LogP contribution in [0.1, 0.15) is 13.2 Å². The first-order valence-corrected chi connectivity index (χ1v) is 6.25. The van der Waals surface area contributed by atoms with Gasteiger partial charge in [0.1, 0.15) is 16.8 Å². The summed E-state index contributed by atoms with van der Waals surface area (Å²) < 4.78 is 33.9. The lowest BCUT2D eigenvalue weighted by Crippen LogP contribution is -2.40. The van der Waals surface area contributed by atoms with Crippen molar-refractivity contribution < 1.29 is 23.7 Å². The van der Waals surface area contributed by atoms with Crippen LogP contribution in [0.25, 0.3) is 0 Å². The molecule has 0 radical (unpaired) electrons. The Morgan fingerprint density at radius 2 is 2.21 bits per heavy atom. The Morgan fingerprint density at radius 3 is 2.74 bits per heavy atom. The molecule has 4 atom stereocenters. The Bertz CT molecular complexity index is 601. The number of nitrogens with one attached hydrogen (secondary N) is 1. The molecule has 1 fully saturated rings. The number of halogens is 2. The fraction of sp³-hybridized carbons (Fsp3) is 0.600. The highest BCUT2D eigenvalue weighted by Crippen LogP contribution is 2.41. The average Bonchev–Trinajstić information content (AvgIpc) is 2.56. The number of hydrogen-bond acceptors (Lipinski definition) is 5. The summed E-state index contributed by atoms with van der Waals surface area (Å²) in [7, 11) is 0. The number of alkyl halides is 1. The summed E-state index contributed by atoms with van der Waals surface area (Å²) in [5.74, 6) is -0.787. The minimum absolute atomic E-state index is 0.0361. The van der Waals surface area contributed by atoms with E-state index in [2.05, 4.69) is 17.2 Å². The lowest BCUT2D eigenvalue weighted by Gasteiger charge is -2.25. The molecule has 0 aromatic carbocycles. The van der Waals surface area contributed by atoms with E-state index in [0.717, 1.165) is 17.7 Å². The zero-order valence-electron chi connectivity index (χ0n) is 9.84. The average molecular weight is 310 g/mol. The molecule has 19 heavy (non-hydrogen) atoms. The molecule has 1 aliphatic heterocycles. The van der Waals surface area contributed by atoms with Crippen molar-refractivity contribution in [2.75, 3.05) is 6.61 Å². The first-order valence-electron chi connectivity index (χ1n) is 5.43. The van der Waals surface area contributed by atoms with E-state index in [1.54, 1.807) is 0 Å². The SMILES string of the molecule is C[C@@]1(F)C(O)[C@@H](CO)O[C@H]1n1cc(F)c(=S)[nH]c1=S. The highest BCUT2D eigenvalue weighted by atomic mass is 32.1. The number of H-pyrrole nitrogens is 1. The maximum absolute atomic E-state index is 14.5. The first-order chi connectivity index (χ1) is 8.78.